The molecule has 2 unspecified atom stereocenters. The minimum atomic E-state index is 0.279. The maximum atomic E-state index is 5.57. The molecule has 2 atom stereocenters. The lowest BCUT2D eigenvalue weighted by Crippen LogP contribution is -2.60. The van der Waals surface area contributed by atoms with Gasteiger partial charge in [-0.25, -0.2) is 0 Å². The van der Waals surface area contributed by atoms with Crippen LogP contribution in [0.5, 0.6) is 0 Å². The molecule has 0 bridgehead atoms. The number of guanidine groups is 1. The zero-order valence-corrected chi connectivity index (χ0v) is 17.1. The monoisotopic (exact) mass is 368 g/mol. The number of aliphatic imine (C=N–C) groups is 1. The van der Waals surface area contributed by atoms with Crippen molar-refractivity contribution in [3.8, 4) is 0 Å². The summed E-state index contributed by atoms with van der Waals surface area (Å²) in [4.78, 5) is 9.75. The van der Waals surface area contributed by atoms with Gasteiger partial charge >= 0.3 is 0 Å². The third kappa shape index (κ3) is 4.83. The predicted molar refractivity (Wildman–Crippen MR) is 108 cm³/mol. The lowest BCUT2D eigenvalue weighted by Gasteiger charge is -2.43. The van der Waals surface area contributed by atoms with Crippen molar-refractivity contribution in [3.63, 3.8) is 0 Å². The summed E-state index contributed by atoms with van der Waals surface area (Å²) in [5.41, 5.74) is 0.279. The first-order chi connectivity index (χ1) is 12.1. The number of hydrogen-bond acceptors (Lipinski definition) is 4. The average Bonchev–Trinajstić information content (AvgIpc) is 3.26. The van der Waals surface area contributed by atoms with E-state index in [0.717, 1.165) is 63.7 Å². The molecule has 144 valence electrons. The van der Waals surface area contributed by atoms with E-state index in [1.165, 1.54) is 30.8 Å². The maximum absolute atomic E-state index is 5.57. The van der Waals surface area contributed by atoms with Crippen LogP contribution in [0.1, 0.15) is 33.1 Å². The van der Waals surface area contributed by atoms with E-state index in [1.54, 1.807) is 0 Å². The number of rotatable bonds is 5. The first-order valence-corrected chi connectivity index (χ1v) is 11.1. The third-order valence-electron chi connectivity index (χ3n) is 5.94. The van der Waals surface area contributed by atoms with E-state index in [0.29, 0.717) is 0 Å². The molecule has 0 spiro atoms. The molecule has 0 saturated carbocycles. The zero-order valence-electron chi connectivity index (χ0n) is 16.3. The second kappa shape index (κ2) is 8.96. The van der Waals surface area contributed by atoms with E-state index in [9.17, 15) is 0 Å². The number of nitrogens with zero attached hydrogens (tertiary/aromatic N) is 3. The van der Waals surface area contributed by atoms with E-state index in [-0.39, 0.29) is 5.54 Å². The highest BCUT2D eigenvalue weighted by Gasteiger charge is 2.41. The molecule has 25 heavy (non-hydrogen) atoms. The zero-order chi connectivity index (χ0) is 17.7. The Labute approximate surface area is 157 Å². The van der Waals surface area contributed by atoms with Gasteiger partial charge in [-0.1, -0.05) is 13.8 Å². The fraction of sp³-hybridized carbons (Fsp3) is 0.947. The third-order valence-corrected chi connectivity index (χ3v) is 7.18. The topological polar surface area (TPSA) is 40.1 Å². The molecule has 3 aliphatic rings. The Hall–Kier alpha value is -0.460. The standard InChI is InChI=1S/C19H36N4OS/c1-16(2)12-17-4-6-22(13-17)18(20-3)21-14-19(5-11-25-15-19)23-7-9-24-10-8-23/h16-17H,4-15H2,1-3H3,(H,20,21). The summed E-state index contributed by atoms with van der Waals surface area (Å²) in [5, 5.41) is 3.75. The van der Waals surface area contributed by atoms with E-state index in [4.69, 9.17) is 4.74 Å². The molecule has 3 heterocycles. The molecule has 5 nitrogen and oxygen atoms in total. The second-order valence-electron chi connectivity index (χ2n) is 8.26. The summed E-state index contributed by atoms with van der Waals surface area (Å²) >= 11 is 2.10. The lowest BCUT2D eigenvalue weighted by molar-refractivity contribution is -0.0121. The normalized spacial score (nSPS) is 31.9. The average molecular weight is 369 g/mol. The molecule has 0 aromatic rings. The molecule has 3 fully saturated rings. The minimum Gasteiger partial charge on any atom is -0.379 e. The molecule has 0 aromatic heterocycles. The number of thioether (sulfide) groups is 1. The highest BCUT2D eigenvalue weighted by atomic mass is 32.2. The van der Waals surface area contributed by atoms with Crippen LogP contribution in [0.15, 0.2) is 4.99 Å². The van der Waals surface area contributed by atoms with Crippen LogP contribution in [-0.2, 0) is 4.74 Å². The fourth-order valence-electron chi connectivity index (χ4n) is 4.59. The van der Waals surface area contributed by atoms with Gasteiger partial charge in [0.15, 0.2) is 5.96 Å². The quantitative estimate of drug-likeness (QED) is 0.595. The van der Waals surface area contributed by atoms with E-state index in [2.05, 4.69) is 45.7 Å². The van der Waals surface area contributed by atoms with Crippen molar-refractivity contribution in [2.24, 2.45) is 16.8 Å². The molecular weight excluding hydrogens is 332 g/mol. The highest BCUT2D eigenvalue weighted by molar-refractivity contribution is 7.99. The number of nitrogens with one attached hydrogen (secondary N) is 1. The Morgan fingerprint density at radius 2 is 2.12 bits per heavy atom. The van der Waals surface area contributed by atoms with Crippen LogP contribution in [0.2, 0.25) is 0 Å². The summed E-state index contributed by atoms with van der Waals surface area (Å²) in [6.07, 6.45) is 3.92. The van der Waals surface area contributed by atoms with Crippen molar-refractivity contribution in [1.82, 2.24) is 15.1 Å². The van der Waals surface area contributed by atoms with Crippen molar-refractivity contribution >= 4 is 17.7 Å². The first kappa shape index (κ1) is 19.3. The molecule has 0 amide bonds. The van der Waals surface area contributed by atoms with Crippen LogP contribution >= 0.6 is 11.8 Å². The van der Waals surface area contributed by atoms with Crippen molar-refractivity contribution in [1.29, 1.82) is 0 Å². The maximum Gasteiger partial charge on any atom is 0.193 e. The first-order valence-electron chi connectivity index (χ1n) is 9.99. The van der Waals surface area contributed by atoms with Gasteiger partial charge in [0.05, 0.1) is 13.2 Å². The van der Waals surface area contributed by atoms with Gasteiger partial charge in [-0.05, 0) is 36.9 Å². The summed E-state index contributed by atoms with van der Waals surface area (Å²) in [7, 11) is 1.93. The van der Waals surface area contributed by atoms with Gasteiger partial charge in [-0.3, -0.25) is 9.89 Å². The van der Waals surface area contributed by atoms with Gasteiger partial charge in [-0.2, -0.15) is 11.8 Å². The Balaban J connectivity index is 1.56. The fourth-order valence-corrected chi connectivity index (χ4v) is 6.07. The lowest BCUT2D eigenvalue weighted by atomic mass is 9.95. The van der Waals surface area contributed by atoms with Gasteiger partial charge in [0.1, 0.15) is 0 Å². The Bertz CT molecular complexity index is 445. The van der Waals surface area contributed by atoms with Crippen molar-refractivity contribution in [2.45, 2.75) is 38.6 Å². The van der Waals surface area contributed by atoms with Gasteiger partial charge in [0.2, 0.25) is 0 Å². The van der Waals surface area contributed by atoms with Crippen LogP contribution < -0.4 is 5.32 Å². The Morgan fingerprint density at radius 1 is 1.32 bits per heavy atom. The van der Waals surface area contributed by atoms with Crippen molar-refractivity contribution in [3.05, 3.63) is 0 Å². The summed E-state index contributed by atoms with van der Waals surface area (Å²) in [6.45, 7) is 11.9. The summed E-state index contributed by atoms with van der Waals surface area (Å²) in [5.74, 6) is 5.23. The molecule has 3 saturated heterocycles. The number of morpholine rings is 1. The predicted octanol–water partition coefficient (Wildman–Crippen LogP) is 2.14. The molecule has 0 radical (unpaired) electrons. The summed E-state index contributed by atoms with van der Waals surface area (Å²) < 4.78 is 5.57. The number of likely N-dealkylation sites (tertiary alicyclic amines) is 1. The Morgan fingerprint density at radius 3 is 2.76 bits per heavy atom. The van der Waals surface area contributed by atoms with Crippen LogP contribution in [-0.4, -0.2) is 85.8 Å². The summed E-state index contributed by atoms with van der Waals surface area (Å²) in [6, 6.07) is 0. The molecule has 6 heteroatoms. The number of hydrogen-bond donors (Lipinski definition) is 1. The number of ether oxygens (including phenoxy) is 1. The van der Waals surface area contributed by atoms with Gasteiger partial charge in [-0.15, -0.1) is 0 Å². The van der Waals surface area contributed by atoms with Gasteiger partial charge in [0.25, 0.3) is 0 Å². The largest absolute Gasteiger partial charge is 0.379 e. The van der Waals surface area contributed by atoms with Crippen LogP contribution in [0.3, 0.4) is 0 Å². The van der Waals surface area contributed by atoms with Gasteiger partial charge in [0, 0.05) is 51.1 Å². The van der Waals surface area contributed by atoms with Crippen LogP contribution in [0, 0.1) is 11.8 Å². The van der Waals surface area contributed by atoms with E-state index in [1.807, 2.05) is 7.05 Å². The van der Waals surface area contributed by atoms with Crippen LogP contribution in [0.4, 0.5) is 0 Å². The molecule has 3 aliphatic heterocycles. The SMILES string of the molecule is CN=C(NCC1(N2CCOCC2)CCSC1)N1CCC(CC(C)C)C1. The molecule has 3 rings (SSSR count). The molecule has 1 N–H and O–H groups in total. The van der Waals surface area contributed by atoms with Crippen LogP contribution in [0.25, 0.3) is 0 Å². The van der Waals surface area contributed by atoms with Crippen molar-refractivity contribution in [2.75, 3.05) is 64.5 Å². The van der Waals surface area contributed by atoms with Gasteiger partial charge < -0.3 is 15.0 Å². The smallest absolute Gasteiger partial charge is 0.193 e. The minimum absolute atomic E-state index is 0.279. The molecular formula is C19H36N4OS. The van der Waals surface area contributed by atoms with E-state index < -0.39 is 0 Å². The van der Waals surface area contributed by atoms with Crippen molar-refractivity contribution < 1.29 is 4.74 Å². The molecule has 0 aliphatic carbocycles. The molecule has 0 aromatic carbocycles. The van der Waals surface area contributed by atoms with E-state index >= 15 is 0 Å². The Kier molecular flexibility index (Phi) is 6.92. The second-order valence-corrected chi connectivity index (χ2v) is 9.36. The highest BCUT2D eigenvalue weighted by Crippen LogP contribution is 2.33.